The van der Waals surface area contributed by atoms with Gasteiger partial charge in [-0.2, -0.15) is 16.7 Å². The Labute approximate surface area is 135 Å². The normalized spacial score (nSPS) is 21.9. The molecular formula is C15H24N4O2S. The average Bonchev–Trinajstić information content (AvgIpc) is 3.07. The Kier molecular flexibility index (Phi) is 4.73. The van der Waals surface area contributed by atoms with Crippen molar-refractivity contribution in [3.8, 4) is 0 Å². The molecule has 0 aliphatic carbocycles. The van der Waals surface area contributed by atoms with Crippen LogP contribution in [0, 0.1) is 5.41 Å². The van der Waals surface area contributed by atoms with Gasteiger partial charge in [0.2, 0.25) is 11.8 Å². The van der Waals surface area contributed by atoms with Crippen LogP contribution in [0.2, 0.25) is 0 Å². The van der Waals surface area contributed by atoms with E-state index in [0.29, 0.717) is 11.8 Å². The Bertz CT molecular complexity index is 525. The summed E-state index contributed by atoms with van der Waals surface area (Å²) in [6.45, 7) is 6.58. The lowest BCUT2D eigenvalue weighted by Crippen LogP contribution is -2.41. The largest absolute Gasteiger partial charge is 0.342 e. The minimum atomic E-state index is 0.211. The van der Waals surface area contributed by atoms with E-state index >= 15 is 0 Å². The number of amides is 1. The zero-order valence-corrected chi connectivity index (χ0v) is 14.2. The smallest absolute Gasteiger partial charge is 0.240 e. The van der Waals surface area contributed by atoms with Gasteiger partial charge >= 0.3 is 0 Å². The van der Waals surface area contributed by atoms with Crippen molar-refractivity contribution in [2.75, 3.05) is 32.4 Å². The van der Waals surface area contributed by atoms with Crippen LogP contribution >= 0.6 is 11.8 Å². The van der Waals surface area contributed by atoms with Crippen molar-refractivity contribution in [3.05, 3.63) is 11.7 Å². The van der Waals surface area contributed by atoms with Crippen molar-refractivity contribution in [3.63, 3.8) is 0 Å². The maximum absolute atomic E-state index is 12.0. The van der Waals surface area contributed by atoms with Gasteiger partial charge in [-0.1, -0.05) is 5.16 Å². The molecule has 0 bridgehead atoms. The minimum Gasteiger partial charge on any atom is -0.342 e. The third kappa shape index (κ3) is 3.30. The number of nitrogens with zero attached hydrogens (tertiary/aromatic N) is 4. The summed E-state index contributed by atoms with van der Waals surface area (Å²) in [4.78, 5) is 20.8. The second-order valence-corrected chi connectivity index (χ2v) is 7.26. The van der Waals surface area contributed by atoms with Crippen LogP contribution in [0.15, 0.2) is 4.52 Å². The summed E-state index contributed by atoms with van der Waals surface area (Å²) in [7, 11) is 0. The van der Waals surface area contributed by atoms with E-state index in [1.807, 2.05) is 11.2 Å². The number of piperidine rings is 1. The summed E-state index contributed by atoms with van der Waals surface area (Å²) >= 11 is 1.69. The molecule has 1 aromatic rings. The fraction of sp³-hybridized carbons (Fsp3) is 0.800. The molecule has 2 aliphatic heterocycles. The Morgan fingerprint density at radius 1 is 1.36 bits per heavy atom. The molecule has 3 heterocycles. The monoisotopic (exact) mass is 324 g/mol. The van der Waals surface area contributed by atoms with E-state index in [2.05, 4.69) is 22.0 Å². The standard InChI is InChI=1S/C15H24N4O2S/c1-3-19-11-15(8-14(19)20)4-6-18(7-5-15)9-13-16-12(10-22-2)17-21-13/h3-11H2,1-2H3. The summed E-state index contributed by atoms with van der Waals surface area (Å²) in [6, 6.07) is 0. The number of carbonyl (C=O) groups is 1. The lowest BCUT2D eigenvalue weighted by Gasteiger charge is -2.38. The highest BCUT2D eigenvalue weighted by Crippen LogP contribution is 2.41. The average molecular weight is 324 g/mol. The Balaban J connectivity index is 1.52. The fourth-order valence-electron chi connectivity index (χ4n) is 3.52. The van der Waals surface area contributed by atoms with Crippen LogP contribution in [0.3, 0.4) is 0 Å². The van der Waals surface area contributed by atoms with Crippen molar-refractivity contribution in [1.29, 1.82) is 0 Å². The van der Waals surface area contributed by atoms with Crippen LogP contribution < -0.4 is 0 Å². The molecule has 0 radical (unpaired) electrons. The molecule has 2 saturated heterocycles. The van der Waals surface area contributed by atoms with Gasteiger partial charge in [0, 0.05) is 19.5 Å². The summed E-state index contributed by atoms with van der Waals surface area (Å²) in [5.41, 5.74) is 0.211. The molecule has 1 aromatic heterocycles. The number of likely N-dealkylation sites (tertiary alicyclic amines) is 2. The minimum absolute atomic E-state index is 0.211. The lowest BCUT2D eigenvalue weighted by atomic mass is 9.77. The molecule has 0 unspecified atom stereocenters. The molecule has 2 fully saturated rings. The molecule has 0 aromatic carbocycles. The molecule has 0 N–H and O–H groups in total. The maximum atomic E-state index is 12.0. The van der Waals surface area contributed by atoms with Crippen LogP contribution in [0.4, 0.5) is 0 Å². The van der Waals surface area contributed by atoms with Gasteiger partial charge in [0.1, 0.15) is 0 Å². The SMILES string of the molecule is CCN1CC2(CCN(Cc3nc(CSC)no3)CC2)CC1=O. The van der Waals surface area contributed by atoms with Crippen molar-refractivity contribution in [2.24, 2.45) is 5.41 Å². The van der Waals surface area contributed by atoms with Gasteiger partial charge in [-0.25, -0.2) is 0 Å². The first-order valence-corrected chi connectivity index (χ1v) is 9.34. The first kappa shape index (κ1) is 15.8. The highest BCUT2D eigenvalue weighted by molar-refractivity contribution is 7.97. The lowest BCUT2D eigenvalue weighted by molar-refractivity contribution is -0.127. The first-order chi connectivity index (χ1) is 10.6. The second-order valence-electron chi connectivity index (χ2n) is 6.40. The van der Waals surface area contributed by atoms with Crippen LogP contribution in [-0.2, 0) is 17.1 Å². The van der Waals surface area contributed by atoms with E-state index in [0.717, 1.165) is 63.6 Å². The third-order valence-corrected chi connectivity index (χ3v) is 5.39. The molecule has 1 spiro atoms. The van der Waals surface area contributed by atoms with Crippen molar-refractivity contribution >= 4 is 17.7 Å². The van der Waals surface area contributed by atoms with Gasteiger partial charge in [0.15, 0.2) is 5.82 Å². The van der Waals surface area contributed by atoms with Crippen LogP contribution in [0.25, 0.3) is 0 Å². The molecule has 7 heteroatoms. The van der Waals surface area contributed by atoms with E-state index < -0.39 is 0 Å². The van der Waals surface area contributed by atoms with Crippen molar-refractivity contribution < 1.29 is 9.32 Å². The van der Waals surface area contributed by atoms with Gasteiger partial charge in [-0.05, 0) is 44.5 Å². The predicted molar refractivity (Wildman–Crippen MR) is 85.3 cm³/mol. The number of aromatic nitrogens is 2. The van der Waals surface area contributed by atoms with Gasteiger partial charge in [0.25, 0.3) is 0 Å². The molecule has 1 amide bonds. The highest BCUT2D eigenvalue weighted by atomic mass is 32.2. The molecule has 22 heavy (non-hydrogen) atoms. The number of carbonyl (C=O) groups excluding carboxylic acids is 1. The third-order valence-electron chi connectivity index (χ3n) is 4.85. The van der Waals surface area contributed by atoms with Crippen LogP contribution in [0.1, 0.15) is 37.9 Å². The van der Waals surface area contributed by atoms with E-state index in [-0.39, 0.29) is 5.41 Å². The molecule has 0 atom stereocenters. The summed E-state index contributed by atoms with van der Waals surface area (Å²) in [5, 5.41) is 3.99. The molecule has 6 nitrogen and oxygen atoms in total. The van der Waals surface area contributed by atoms with Crippen LogP contribution in [-0.4, -0.2) is 58.3 Å². The summed E-state index contributed by atoms with van der Waals surface area (Å²) in [6.07, 6.45) is 4.93. The predicted octanol–water partition coefficient (Wildman–Crippen LogP) is 1.77. The number of hydrogen-bond donors (Lipinski definition) is 0. The van der Waals surface area contributed by atoms with Gasteiger partial charge in [-0.3, -0.25) is 9.69 Å². The fourth-order valence-corrected chi connectivity index (χ4v) is 3.90. The number of hydrogen-bond acceptors (Lipinski definition) is 6. The van der Waals surface area contributed by atoms with Gasteiger partial charge in [-0.15, -0.1) is 0 Å². The molecule has 2 aliphatic rings. The Morgan fingerprint density at radius 2 is 2.14 bits per heavy atom. The second kappa shape index (κ2) is 6.58. The number of rotatable bonds is 5. The quantitative estimate of drug-likeness (QED) is 0.822. The van der Waals surface area contributed by atoms with Gasteiger partial charge in [0.05, 0.1) is 12.3 Å². The summed E-state index contributed by atoms with van der Waals surface area (Å²) in [5.74, 6) is 2.60. The topological polar surface area (TPSA) is 62.5 Å². The molecular weight excluding hydrogens is 300 g/mol. The molecule has 0 saturated carbocycles. The van der Waals surface area contributed by atoms with E-state index in [1.54, 1.807) is 11.8 Å². The van der Waals surface area contributed by atoms with Gasteiger partial charge < -0.3 is 9.42 Å². The van der Waals surface area contributed by atoms with E-state index in [9.17, 15) is 4.79 Å². The zero-order chi connectivity index (χ0) is 15.6. The van der Waals surface area contributed by atoms with E-state index in [1.165, 1.54) is 0 Å². The number of thioether (sulfide) groups is 1. The maximum Gasteiger partial charge on any atom is 0.240 e. The van der Waals surface area contributed by atoms with Crippen molar-refractivity contribution in [2.45, 2.75) is 38.5 Å². The highest BCUT2D eigenvalue weighted by Gasteiger charge is 2.44. The van der Waals surface area contributed by atoms with E-state index in [4.69, 9.17) is 4.52 Å². The zero-order valence-electron chi connectivity index (χ0n) is 13.4. The Morgan fingerprint density at radius 3 is 2.77 bits per heavy atom. The molecule has 122 valence electrons. The Hall–Kier alpha value is -1.08. The van der Waals surface area contributed by atoms with Crippen LogP contribution in [0.5, 0.6) is 0 Å². The van der Waals surface area contributed by atoms with Crippen molar-refractivity contribution in [1.82, 2.24) is 19.9 Å². The molecule has 3 rings (SSSR count). The summed E-state index contributed by atoms with van der Waals surface area (Å²) < 4.78 is 5.31. The first-order valence-electron chi connectivity index (χ1n) is 7.95.